The molecule has 1 aromatic rings. The van der Waals surface area contributed by atoms with Crippen LogP contribution in [0.2, 0.25) is 0 Å². The molecule has 0 aliphatic rings. The van der Waals surface area contributed by atoms with Crippen LogP contribution in [-0.2, 0) is 9.47 Å². The Bertz CT molecular complexity index is 542. The third-order valence-electron chi connectivity index (χ3n) is 2.61. The Morgan fingerprint density at radius 1 is 1.30 bits per heavy atom. The molecule has 0 radical (unpaired) electrons. The summed E-state index contributed by atoms with van der Waals surface area (Å²) in [7, 11) is 1.33. The number of rotatable bonds is 6. The third kappa shape index (κ3) is 7.54. The zero-order valence-corrected chi connectivity index (χ0v) is 15.9. The number of carbonyl (C=O) groups excluding carboxylic acids is 2. The standard InChI is InChI=1S/C16H22INO5/c1-16(2,3)23-15(20)18-12(9-17)10-22-13-7-5-6-11(8-13)14(19)21-4/h5-8,12H,9-10H2,1-4H3,(H,18,20)/t12-/m0/s1. The van der Waals surface area contributed by atoms with Crippen LogP contribution >= 0.6 is 22.6 Å². The Morgan fingerprint density at radius 3 is 2.57 bits per heavy atom. The molecule has 1 rings (SSSR count). The molecule has 1 aromatic carbocycles. The number of hydrogen-bond donors (Lipinski definition) is 1. The second-order valence-corrected chi connectivity index (χ2v) is 6.71. The van der Waals surface area contributed by atoms with Crippen molar-refractivity contribution in [3.05, 3.63) is 29.8 Å². The molecular weight excluding hydrogens is 413 g/mol. The smallest absolute Gasteiger partial charge is 0.408 e. The molecule has 23 heavy (non-hydrogen) atoms. The van der Waals surface area contributed by atoms with Gasteiger partial charge in [-0.1, -0.05) is 28.7 Å². The van der Waals surface area contributed by atoms with E-state index in [0.29, 0.717) is 15.7 Å². The number of esters is 1. The van der Waals surface area contributed by atoms with Crippen LogP contribution in [0.25, 0.3) is 0 Å². The highest BCUT2D eigenvalue weighted by Gasteiger charge is 2.19. The predicted octanol–water partition coefficient (Wildman–Crippen LogP) is 3.18. The van der Waals surface area contributed by atoms with Gasteiger partial charge >= 0.3 is 12.1 Å². The number of carbonyl (C=O) groups is 2. The summed E-state index contributed by atoms with van der Waals surface area (Å²) in [5, 5.41) is 2.76. The summed E-state index contributed by atoms with van der Waals surface area (Å²) in [6, 6.07) is 6.50. The summed E-state index contributed by atoms with van der Waals surface area (Å²) in [6.45, 7) is 5.69. The van der Waals surface area contributed by atoms with Crippen LogP contribution in [0.3, 0.4) is 0 Å². The number of alkyl halides is 1. The largest absolute Gasteiger partial charge is 0.491 e. The summed E-state index contributed by atoms with van der Waals surface area (Å²) in [5.74, 6) is 0.113. The van der Waals surface area contributed by atoms with Gasteiger partial charge in [0.25, 0.3) is 0 Å². The highest BCUT2D eigenvalue weighted by molar-refractivity contribution is 14.1. The Labute approximate surface area is 150 Å². The average Bonchev–Trinajstić information content (AvgIpc) is 2.49. The Balaban J connectivity index is 2.57. The average molecular weight is 435 g/mol. The van der Waals surface area contributed by atoms with E-state index in [0.717, 1.165) is 0 Å². The quantitative estimate of drug-likeness (QED) is 0.422. The van der Waals surface area contributed by atoms with Crippen LogP contribution in [0.4, 0.5) is 4.79 Å². The summed E-state index contributed by atoms with van der Waals surface area (Å²) in [6.07, 6.45) is -0.480. The predicted molar refractivity (Wildman–Crippen MR) is 95.3 cm³/mol. The molecule has 1 N–H and O–H groups in total. The monoisotopic (exact) mass is 435 g/mol. The highest BCUT2D eigenvalue weighted by atomic mass is 127. The topological polar surface area (TPSA) is 73.9 Å². The summed E-state index contributed by atoms with van der Waals surface area (Å²) < 4.78 is 16.2. The first kappa shape index (κ1) is 19.5. The first-order valence-electron chi connectivity index (χ1n) is 7.12. The number of ether oxygens (including phenoxy) is 3. The zero-order chi connectivity index (χ0) is 17.5. The van der Waals surface area contributed by atoms with Crippen LogP contribution in [0.5, 0.6) is 5.75 Å². The number of nitrogens with one attached hydrogen (secondary N) is 1. The SMILES string of the molecule is COC(=O)c1cccc(OC[C@H](CI)NC(=O)OC(C)(C)C)c1. The Hall–Kier alpha value is -1.51. The molecule has 1 atom stereocenters. The molecule has 0 saturated carbocycles. The number of amides is 1. The first-order chi connectivity index (χ1) is 10.7. The molecule has 0 bridgehead atoms. The van der Waals surface area contributed by atoms with Gasteiger partial charge in [-0.3, -0.25) is 0 Å². The van der Waals surface area contributed by atoms with E-state index in [4.69, 9.17) is 9.47 Å². The molecule has 0 saturated heterocycles. The van der Waals surface area contributed by atoms with E-state index in [1.54, 1.807) is 45.0 Å². The van der Waals surface area contributed by atoms with E-state index in [-0.39, 0.29) is 12.6 Å². The van der Waals surface area contributed by atoms with E-state index in [1.165, 1.54) is 7.11 Å². The van der Waals surface area contributed by atoms with Crippen LogP contribution in [0.1, 0.15) is 31.1 Å². The van der Waals surface area contributed by atoms with Gasteiger partial charge in [-0.25, -0.2) is 9.59 Å². The molecule has 0 aliphatic carbocycles. The molecule has 0 aliphatic heterocycles. The van der Waals surface area contributed by atoms with Gasteiger partial charge in [0.05, 0.1) is 18.7 Å². The minimum absolute atomic E-state index is 0.202. The van der Waals surface area contributed by atoms with Gasteiger partial charge in [-0.2, -0.15) is 0 Å². The molecule has 7 heteroatoms. The van der Waals surface area contributed by atoms with Gasteiger partial charge in [0, 0.05) is 4.43 Å². The number of methoxy groups -OCH3 is 1. The Morgan fingerprint density at radius 2 is 2.00 bits per heavy atom. The molecule has 128 valence electrons. The summed E-state index contributed by atoms with van der Waals surface area (Å²) >= 11 is 2.16. The van der Waals surface area contributed by atoms with Crippen molar-refractivity contribution in [3.63, 3.8) is 0 Å². The number of benzene rings is 1. The molecule has 0 fully saturated rings. The number of alkyl carbamates (subject to hydrolysis) is 1. The maximum atomic E-state index is 11.8. The van der Waals surface area contributed by atoms with Crippen LogP contribution < -0.4 is 10.1 Å². The lowest BCUT2D eigenvalue weighted by Gasteiger charge is -2.23. The van der Waals surface area contributed by atoms with Crippen molar-refractivity contribution >= 4 is 34.7 Å². The van der Waals surface area contributed by atoms with E-state index < -0.39 is 17.7 Å². The van der Waals surface area contributed by atoms with Crippen molar-refractivity contribution in [2.24, 2.45) is 0 Å². The van der Waals surface area contributed by atoms with Crippen molar-refractivity contribution in [3.8, 4) is 5.75 Å². The molecular formula is C16H22INO5. The summed E-state index contributed by atoms with van der Waals surface area (Å²) in [5.41, 5.74) is -0.133. The minimum atomic E-state index is -0.546. The zero-order valence-electron chi connectivity index (χ0n) is 13.7. The van der Waals surface area contributed by atoms with Gasteiger partial charge in [0.2, 0.25) is 0 Å². The fraction of sp³-hybridized carbons (Fsp3) is 0.500. The van der Waals surface area contributed by atoms with Gasteiger partial charge in [0.1, 0.15) is 18.0 Å². The van der Waals surface area contributed by atoms with Crippen molar-refractivity contribution in [2.45, 2.75) is 32.4 Å². The van der Waals surface area contributed by atoms with Crippen molar-refractivity contribution in [1.82, 2.24) is 5.32 Å². The van der Waals surface area contributed by atoms with Gasteiger partial charge < -0.3 is 19.5 Å². The minimum Gasteiger partial charge on any atom is -0.491 e. The molecule has 6 nitrogen and oxygen atoms in total. The lowest BCUT2D eigenvalue weighted by Crippen LogP contribution is -2.43. The van der Waals surface area contributed by atoms with E-state index >= 15 is 0 Å². The lowest BCUT2D eigenvalue weighted by atomic mass is 10.2. The maximum Gasteiger partial charge on any atom is 0.408 e. The van der Waals surface area contributed by atoms with Gasteiger partial charge in [-0.15, -0.1) is 0 Å². The van der Waals surface area contributed by atoms with Gasteiger partial charge in [0.15, 0.2) is 0 Å². The van der Waals surface area contributed by atoms with Crippen LogP contribution in [0.15, 0.2) is 24.3 Å². The molecule has 0 aromatic heterocycles. The third-order valence-corrected chi connectivity index (χ3v) is 3.68. The van der Waals surface area contributed by atoms with Crippen LogP contribution in [0, 0.1) is 0 Å². The maximum absolute atomic E-state index is 11.8. The van der Waals surface area contributed by atoms with E-state index in [9.17, 15) is 9.59 Å². The van der Waals surface area contributed by atoms with Crippen LogP contribution in [-0.4, -0.2) is 41.8 Å². The number of hydrogen-bond acceptors (Lipinski definition) is 5. The molecule has 0 heterocycles. The second kappa shape index (κ2) is 8.95. The van der Waals surface area contributed by atoms with E-state index in [2.05, 4.69) is 32.6 Å². The highest BCUT2D eigenvalue weighted by Crippen LogP contribution is 2.15. The van der Waals surface area contributed by atoms with Crippen molar-refractivity contribution in [2.75, 3.05) is 18.1 Å². The first-order valence-corrected chi connectivity index (χ1v) is 8.64. The normalized spacial score (nSPS) is 12.2. The second-order valence-electron chi connectivity index (χ2n) is 5.83. The van der Waals surface area contributed by atoms with E-state index in [1.807, 2.05) is 0 Å². The van der Waals surface area contributed by atoms with Crippen molar-refractivity contribution in [1.29, 1.82) is 0 Å². The van der Waals surface area contributed by atoms with Crippen molar-refractivity contribution < 1.29 is 23.8 Å². The summed E-state index contributed by atoms with van der Waals surface area (Å²) in [4.78, 5) is 23.3. The lowest BCUT2D eigenvalue weighted by molar-refractivity contribution is 0.0495. The molecule has 1 amide bonds. The number of halogens is 1. The fourth-order valence-electron chi connectivity index (χ4n) is 1.63. The van der Waals surface area contributed by atoms with Gasteiger partial charge in [-0.05, 0) is 39.0 Å². The fourth-order valence-corrected chi connectivity index (χ4v) is 2.10. The molecule has 0 spiro atoms. The molecule has 0 unspecified atom stereocenters. The Kier molecular flexibility index (Phi) is 7.60.